The Bertz CT molecular complexity index is 464. The minimum atomic E-state index is 0.229. The number of rotatable bonds is 4. The number of hydrogen-bond acceptors (Lipinski definition) is 2. The minimum Gasteiger partial charge on any atom is -0.317 e. The Morgan fingerprint density at radius 1 is 1.25 bits per heavy atom. The van der Waals surface area contributed by atoms with Crippen LogP contribution in [-0.2, 0) is 4.79 Å². The highest BCUT2D eigenvalue weighted by Gasteiger charge is 2.17. The van der Waals surface area contributed by atoms with E-state index in [1.807, 2.05) is 13.1 Å². The van der Waals surface area contributed by atoms with Gasteiger partial charge in [0.15, 0.2) is 0 Å². The second kappa shape index (κ2) is 6.89. The van der Waals surface area contributed by atoms with Gasteiger partial charge in [-0.05, 0) is 75.4 Å². The molecule has 2 rings (SSSR count). The molecule has 1 aliphatic heterocycles. The number of carbonyl (C=O) groups excluding carboxylic acids is 1. The van der Waals surface area contributed by atoms with Crippen molar-refractivity contribution < 1.29 is 4.79 Å². The van der Waals surface area contributed by atoms with Crippen LogP contribution < -0.4 is 10.2 Å². The van der Waals surface area contributed by atoms with E-state index in [4.69, 9.17) is 0 Å². The molecule has 1 aromatic carbocycles. The molecule has 1 aliphatic rings. The number of hydrogen-bond donors (Lipinski definition) is 1. The molecule has 20 heavy (non-hydrogen) atoms. The van der Waals surface area contributed by atoms with Gasteiger partial charge in [-0.1, -0.05) is 6.07 Å². The lowest BCUT2D eigenvalue weighted by Crippen LogP contribution is -2.30. The summed E-state index contributed by atoms with van der Waals surface area (Å²) in [5, 5.41) is 3.37. The van der Waals surface area contributed by atoms with Crippen LogP contribution in [0.15, 0.2) is 18.2 Å². The van der Waals surface area contributed by atoms with E-state index in [-0.39, 0.29) is 5.91 Å². The first-order valence-corrected chi connectivity index (χ1v) is 7.62. The van der Waals surface area contributed by atoms with Gasteiger partial charge in [-0.3, -0.25) is 4.79 Å². The fraction of sp³-hybridized carbons (Fsp3) is 0.588. The van der Waals surface area contributed by atoms with Crippen molar-refractivity contribution >= 4 is 11.6 Å². The highest BCUT2D eigenvalue weighted by molar-refractivity contribution is 5.92. The van der Waals surface area contributed by atoms with Crippen molar-refractivity contribution in [2.24, 2.45) is 5.92 Å². The normalized spacial score (nSPS) is 16.1. The van der Waals surface area contributed by atoms with Gasteiger partial charge in [0.1, 0.15) is 0 Å². The van der Waals surface area contributed by atoms with Gasteiger partial charge in [0.05, 0.1) is 0 Å². The molecule has 0 aromatic heterocycles. The first kappa shape index (κ1) is 15.0. The molecule has 110 valence electrons. The molecule has 0 aliphatic carbocycles. The molecule has 0 saturated carbocycles. The largest absolute Gasteiger partial charge is 0.317 e. The van der Waals surface area contributed by atoms with Crippen LogP contribution in [0.5, 0.6) is 0 Å². The first-order valence-electron chi connectivity index (χ1n) is 7.62. The van der Waals surface area contributed by atoms with Crippen molar-refractivity contribution in [1.82, 2.24) is 5.32 Å². The number of nitrogens with zero attached hydrogens (tertiary/aromatic N) is 1. The van der Waals surface area contributed by atoms with Crippen molar-refractivity contribution in [3.8, 4) is 0 Å². The van der Waals surface area contributed by atoms with Crippen LogP contribution in [0.25, 0.3) is 0 Å². The van der Waals surface area contributed by atoms with Crippen molar-refractivity contribution in [3.63, 3.8) is 0 Å². The van der Waals surface area contributed by atoms with Gasteiger partial charge in [0.25, 0.3) is 0 Å². The van der Waals surface area contributed by atoms with Gasteiger partial charge < -0.3 is 10.2 Å². The highest BCUT2D eigenvalue weighted by Crippen LogP contribution is 2.21. The summed E-state index contributed by atoms with van der Waals surface area (Å²) < 4.78 is 0. The van der Waals surface area contributed by atoms with E-state index in [0.717, 1.165) is 25.2 Å². The topological polar surface area (TPSA) is 32.3 Å². The monoisotopic (exact) mass is 274 g/mol. The third-order valence-electron chi connectivity index (χ3n) is 4.48. The number of piperidine rings is 1. The third kappa shape index (κ3) is 3.83. The average molecular weight is 274 g/mol. The van der Waals surface area contributed by atoms with Crippen LogP contribution in [0.1, 0.15) is 36.8 Å². The number of aryl methyl sites for hydroxylation is 2. The molecule has 1 amide bonds. The van der Waals surface area contributed by atoms with Crippen molar-refractivity contribution in [1.29, 1.82) is 0 Å². The smallest absolute Gasteiger partial charge is 0.226 e. The Kier molecular flexibility index (Phi) is 5.18. The predicted molar refractivity (Wildman–Crippen MR) is 84.2 cm³/mol. The fourth-order valence-electron chi connectivity index (χ4n) is 2.74. The average Bonchev–Trinajstić information content (AvgIpc) is 2.48. The summed E-state index contributed by atoms with van der Waals surface area (Å²) in [6, 6.07) is 6.21. The molecule has 0 unspecified atom stereocenters. The zero-order valence-electron chi connectivity index (χ0n) is 12.9. The van der Waals surface area contributed by atoms with Gasteiger partial charge >= 0.3 is 0 Å². The fourth-order valence-corrected chi connectivity index (χ4v) is 2.74. The maximum absolute atomic E-state index is 12.3. The summed E-state index contributed by atoms with van der Waals surface area (Å²) >= 11 is 0. The lowest BCUT2D eigenvalue weighted by molar-refractivity contribution is -0.118. The van der Waals surface area contributed by atoms with Crippen LogP contribution in [0, 0.1) is 19.8 Å². The van der Waals surface area contributed by atoms with E-state index in [9.17, 15) is 4.79 Å². The molecule has 1 N–H and O–H groups in total. The second-order valence-corrected chi connectivity index (χ2v) is 5.95. The summed E-state index contributed by atoms with van der Waals surface area (Å²) in [5.41, 5.74) is 3.51. The molecule has 0 bridgehead atoms. The van der Waals surface area contributed by atoms with Crippen LogP contribution in [0.2, 0.25) is 0 Å². The summed E-state index contributed by atoms with van der Waals surface area (Å²) in [7, 11) is 1.88. The van der Waals surface area contributed by atoms with Crippen molar-refractivity contribution in [3.05, 3.63) is 29.3 Å². The predicted octanol–water partition coefficient (Wildman–Crippen LogP) is 3.05. The second-order valence-electron chi connectivity index (χ2n) is 5.95. The SMILES string of the molecule is Cc1ccc(N(C)C(=O)CCC2CCNCC2)cc1C. The molecule has 0 radical (unpaired) electrons. The Hall–Kier alpha value is -1.35. The van der Waals surface area contributed by atoms with E-state index in [2.05, 4.69) is 31.3 Å². The Labute approximate surface area is 122 Å². The molecule has 1 fully saturated rings. The minimum absolute atomic E-state index is 0.229. The molecule has 1 aromatic rings. The quantitative estimate of drug-likeness (QED) is 0.915. The molecule has 3 nitrogen and oxygen atoms in total. The van der Waals surface area contributed by atoms with E-state index in [1.165, 1.54) is 24.0 Å². The molecule has 1 saturated heterocycles. The Morgan fingerprint density at radius 2 is 1.95 bits per heavy atom. The zero-order chi connectivity index (χ0) is 14.5. The molecule has 3 heteroatoms. The van der Waals surface area contributed by atoms with E-state index in [1.54, 1.807) is 4.90 Å². The number of amides is 1. The molecule has 0 atom stereocenters. The summed E-state index contributed by atoms with van der Waals surface area (Å²) in [6.07, 6.45) is 4.10. The lowest BCUT2D eigenvalue weighted by Gasteiger charge is -2.24. The molecule has 0 spiro atoms. The standard InChI is InChI=1S/C17H26N2O/c1-13-4-6-16(12-14(13)2)19(3)17(20)7-5-15-8-10-18-11-9-15/h4,6,12,15,18H,5,7-11H2,1-3H3. The number of benzene rings is 1. The summed E-state index contributed by atoms with van der Waals surface area (Å²) in [6.45, 7) is 6.39. The maximum atomic E-state index is 12.3. The van der Waals surface area contributed by atoms with Crippen LogP contribution in [0.4, 0.5) is 5.69 Å². The summed E-state index contributed by atoms with van der Waals surface area (Å²) in [5.74, 6) is 0.945. The number of anilines is 1. The molecule has 1 heterocycles. The molecular weight excluding hydrogens is 248 g/mol. The first-order chi connectivity index (χ1) is 9.58. The van der Waals surface area contributed by atoms with E-state index >= 15 is 0 Å². The Balaban J connectivity index is 1.89. The molecular formula is C17H26N2O. The maximum Gasteiger partial charge on any atom is 0.226 e. The van der Waals surface area contributed by atoms with Crippen LogP contribution >= 0.6 is 0 Å². The van der Waals surface area contributed by atoms with Crippen LogP contribution in [-0.4, -0.2) is 26.0 Å². The van der Waals surface area contributed by atoms with Gasteiger partial charge in [-0.25, -0.2) is 0 Å². The Morgan fingerprint density at radius 3 is 2.60 bits per heavy atom. The number of carbonyl (C=O) groups is 1. The number of nitrogens with one attached hydrogen (secondary N) is 1. The summed E-state index contributed by atoms with van der Waals surface area (Å²) in [4.78, 5) is 14.1. The van der Waals surface area contributed by atoms with Gasteiger partial charge in [-0.15, -0.1) is 0 Å². The van der Waals surface area contributed by atoms with Crippen molar-refractivity contribution in [2.45, 2.75) is 39.5 Å². The van der Waals surface area contributed by atoms with Gasteiger partial charge in [-0.2, -0.15) is 0 Å². The van der Waals surface area contributed by atoms with Crippen molar-refractivity contribution in [2.75, 3.05) is 25.0 Å². The third-order valence-corrected chi connectivity index (χ3v) is 4.48. The zero-order valence-corrected chi connectivity index (χ0v) is 12.9. The van der Waals surface area contributed by atoms with Crippen LogP contribution in [0.3, 0.4) is 0 Å². The lowest BCUT2D eigenvalue weighted by atomic mass is 9.93. The van der Waals surface area contributed by atoms with E-state index < -0.39 is 0 Å². The van der Waals surface area contributed by atoms with Gasteiger partial charge in [0, 0.05) is 19.2 Å². The van der Waals surface area contributed by atoms with E-state index in [0.29, 0.717) is 12.3 Å². The van der Waals surface area contributed by atoms with Gasteiger partial charge in [0.2, 0.25) is 5.91 Å². The highest BCUT2D eigenvalue weighted by atomic mass is 16.2.